The maximum atomic E-state index is 3.97. The number of alkyl halides is 1. The van der Waals surface area contributed by atoms with Crippen LogP contribution in [0.3, 0.4) is 0 Å². The minimum atomic E-state index is 0.772. The van der Waals surface area contributed by atoms with Gasteiger partial charge in [-0.3, -0.25) is 0 Å². The van der Waals surface area contributed by atoms with Crippen molar-refractivity contribution in [1.29, 1.82) is 0 Å². The fourth-order valence-electron chi connectivity index (χ4n) is 0.443. The molecule has 48 valence electrons. The van der Waals surface area contributed by atoms with Crippen molar-refractivity contribution in [2.45, 2.75) is 5.33 Å². The van der Waals surface area contributed by atoms with E-state index in [0.29, 0.717) is 0 Å². The lowest BCUT2D eigenvalue weighted by Crippen LogP contribution is -1.85. The van der Waals surface area contributed by atoms with E-state index in [1.807, 2.05) is 6.07 Å². The molecule has 9 heavy (non-hydrogen) atoms. The van der Waals surface area contributed by atoms with Crippen molar-refractivity contribution in [3.63, 3.8) is 0 Å². The summed E-state index contributed by atoms with van der Waals surface area (Å²) in [6.45, 7) is 0. The van der Waals surface area contributed by atoms with Gasteiger partial charge in [-0.05, 0) is 22.0 Å². The zero-order valence-corrected chi connectivity index (χ0v) is 7.68. The van der Waals surface area contributed by atoms with E-state index in [9.17, 15) is 0 Å². The first-order valence-corrected chi connectivity index (χ1v) is 4.27. The molecule has 0 unspecified atom stereocenters. The van der Waals surface area contributed by atoms with Gasteiger partial charge in [-0.25, -0.2) is 9.97 Å². The molecule has 0 aliphatic heterocycles. The largest absolute Gasteiger partial charge is 0.240 e. The maximum Gasteiger partial charge on any atom is 0.117 e. The Balaban J connectivity index is 2.94. The van der Waals surface area contributed by atoms with Gasteiger partial charge in [-0.2, -0.15) is 0 Å². The van der Waals surface area contributed by atoms with E-state index in [1.54, 1.807) is 0 Å². The van der Waals surface area contributed by atoms with Crippen LogP contribution in [-0.2, 0) is 5.33 Å². The zero-order valence-electron chi connectivity index (χ0n) is 4.51. The number of aromatic nitrogens is 2. The summed E-state index contributed by atoms with van der Waals surface area (Å²) >= 11 is 6.51. The van der Waals surface area contributed by atoms with Crippen LogP contribution in [0.15, 0.2) is 17.0 Å². The van der Waals surface area contributed by atoms with E-state index in [1.165, 1.54) is 6.33 Å². The van der Waals surface area contributed by atoms with Crippen LogP contribution in [0, 0.1) is 0 Å². The third-order valence-electron chi connectivity index (χ3n) is 0.827. The first-order valence-electron chi connectivity index (χ1n) is 2.35. The average molecular weight is 252 g/mol. The molecular formula is C5H4Br2N2. The Morgan fingerprint density at radius 2 is 2.22 bits per heavy atom. The van der Waals surface area contributed by atoms with E-state index in [0.717, 1.165) is 15.6 Å². The van der Waals surface area contributed by atoms with E-state index in [2.05, 4.69) is 41.8 Å². The lowest BCUT2D eigenvalue weighted by molar-refractivity contribution is 1.07. The number of hydrogen-bond donors (Lipinski definition) is 0. The summed E-state index contributed by atoms with van der Waals surface area (Å²) in [7, 11) is 0. The van der Waals surface area contributed by atoms with Crippen LogP contribution in [0.2, 0.25) is 0 Å². The Morgan fingerprint density at radius 1 is 1.44 bits per heavy atom. The summed E-state index contributed by atoms with van der Waals surface area (Å²) in [5.74, 6) is 0. The van der Waals surface area contributed by atoms with Gasteiger partial charge in [0.25, 0.3) is 0 Å². The van der Waals surface area contributed by atoms with Crippen molar-refractivity contribution in [2.24, 2.45) is 0 Å². The SMILES string of the molecule is BrCc1cc(Br)ncn1. The molecule has 0 amide bonds. The van der Waals surface area contributed by atoms with Crippen molar-refractivity contribution in [3.8, 4) is 0 Å². The molecular weight excluding hydrogens is 248 g/mol. The fraction of sp³-hybridized carbons (Fsp3) is 0.200. The van der Waals surface area contributed by atoms with Gasteiger partial charge in [0.2, 0.25) is 0 Å². The second-order valence-electron chi connectivity index (χ2n) is 1.47. The summed E-state index contributed by atoms with van der Waals surface area (Å²) in [6.07, 6.45) is 1.53. The Kier molecular flexibility index (Phi) is 2.60. The van der Waals surface area contributed by atoms with Crippen LogP contribution in [0.25, 0.3) is 0 Å². The van der Waals surface area contributed by atoms with Crippen LogP contribution in [0.5, 0.6) is 0 Å². The second-order valence-corrected chi connectivity index (χ2v) is 2.84. The summed E-state index contributed by atoms with van der Waals surface area (Å²) in [4.78, 5) is 7.84. The summed E-state index contributed by atoms with van der Waals surface area (Å²) in [6, 6.07) is 1.87. The molecule has 0 bridgehead atoms. The van der Waals surface area contributed by atoms with Crippen LogP contribution < -0.4 is 0 Å². The molecule has 0 saturated heterocycles. The lowest BCUT2D eigenvalue weighted by Gasteiger charge is -1.91. The van der Waals surface area contributed by atoms with Crippen LogP contribution >= 0.6 is 31.9 Å². The van der Waals surface area contributed by atoms with Crippen LogP contribution in [0.1, 0.15) is 5.69 Å². The molecule has 1 aromatic rings. The Hall–Kier alpha value is 0.0400. The molecule has 0 aliphatic carbocycles. The molecule has 0 aromatic carbocycles. The average Bonchev–Trinajstić information content (AvgIpc) is 1.88. The van der Waals surface area contributed by atoms with E-state index in [-0.39, 0.29) is 0 Å². The van der Waals surface area contributed by atoms with Crippen molar-refractivity contribution in [2.75, 3.05) is 0 Å². The Bertz CT molecular complexity index is 202. The Labute approximate surface area is 70.0 Å². The predicted molar refractivity (Wildman–Crippen MR) is 42.4 cm³/mol. The van der Waals surface area contributed by atoms with Gasteiger partial charge < -0.3 is 0 Å². The minimum absolute atomic E-state index is 0.772. The molecule has 1 aromatic heterocycles. The number of halogens is 2. The standard InChI is InChI=1S/C5H4Br2N2/c6-2-4-1-5(7)9-3-8-4/h1,3H,2H2. The lowest BCUT2D eigenvalue weighted by atomic mass is 10.5. The molecule has 0 spiro atoms. The van der Waals surface area contributed by atoms with Gasteiger partial charge in [0.15, 0.2) is 0 Å². The number of nitrogens with zero attached hydrogens (tertiary/aromatic N) is 2. The molecule has 0 atom stereocenters. The Morgan fingerprint density at radius 3 is 2.67 bits per heavy atom. The van der Waals surface area contributed by atoms with Crippen molar-refractivity contribution in [1.82, 2.24) is 9.97 Å². The third-order valence-corrected chi connectivity index (χ3v) is 1.84. The third kappa shape index (κ3) is 2.02. The molecule has 0 saturated carbocycles. The highest BCUT2D eigenvalue weighted by molar-refractivity contribution is 9.10. The topological polar surface area (TPSA) is 25.8 Å². The molecule has 0 N–H and O–H groups in total. The summed E-state index contributed by atoms with van der Waals surface area (Å²) < 4.78 is 0.826. The second kappa shape index (κ2) is 3.27. The minimum Gasteiger partial charge on any atom is -0.240 e. The van der Waals surface area contributed by atoms with Crippen molar-refractivity contribution < 1.29 is 0 Å². The van der Waals surface area contributed by atoms with Gasteiger partial charge in [-0.15, -0.1) is 0 Å². The van der Waals surface area contributed by atoms with Crippen molar-refractivity contribution >= 4 is 31.9 Å². The van der Waals surface area contributed by atoms with Gasteiger partial charge in [0.1, 0.15) is 10.9 Å². The smallest absolute Gasteiger partial charge is 0.117 e. The molecule has 4 heteroatoms. The molecule has 0 aliphatic rings. The molecule has 2 nitrogen and oxygen atoms in total. The van der Waals surface area contributed by atoms with Crippen LogP contribution in [-0.4, -0.2) is 9.97 Å². The quantitative estimate of drug-likeness (QED) is 0.565. The number of rotatable bonds is 1. The summed E-state index contributed by atoms with van der Waals surface area (Å²) in [5.41, 5.74) is 0.983. The number of hydrogen-bond acceptors (Lipinski definition) is 2. The first kappa shape index (κ1) is 7.15. The zero-order chi connectivity index (χ0) is 6.69. The first-order chi connectivity index (χ1) is 4.33. The molecule has 0 radical (unpaired) electrons. The highest BCUT2D eigenvalue weighted by atomic mass is 79.9. The normalized spacial score (nSPS) is 9.56. The van der Waals surface area contributed by atoms with Gasteiger partial charge in [0, 0.05) is 5.33 Å². The van der Waals surface area contributed by atoms with Crippen molar-refractivity contribution in [3.05, 3.63) is 22.7 Å². The molecule has 0 fully saturated rings. The van der Waals surface area contributed by atoms with E-state index in [4.69, 9.17) is 0 Å². The fourth-order valence-corrected chi connectivity index (χ4v) is 1.11. The van der Waals surface area contributed by atoms with Gasteiger partial charge in [-0.1, -0.05) is 15.9 Å². The predicted octanol–water partition coefficient (Wildman–Crippen LogP) is 2.13. The molecule has 1 rings (SSSR count). The maximum absolute atomic E-state index is 3.97. The molecule has 1 heterocycles. The highest BCUT2D eigenvalue weighted by Crippen LogP contribution is 2.07. The monoisotopic (exact) mass is 250 g/mol. The van der Waals surface area contributed by atoms with Gasteiger partial charge >= 0.3 is 0 Å². The van der Waals surface area contributed by atoms with E-state index >= 15 is 0 Å². The van der Waals surface area contributed by atoms with E-state index < -0.39 is 0 Å². The van der Waals surface area contributed by atoms with Crippen LogP contribution in [0.4, 0.5) is 0 Å². The summed E-state index contributed by atoms with van der Waals surface area (Å²) in [5, 5.41) is 0.772. The van der Waals surface area contributed by atoms with Gasteiger partial charge in [0.05, 0.1) is 5.69 Å². The highest BCUT2D eigenvalue weighted by Gasteiger charge is 1.90.